The molecule has 0 radical (unpaired) electrons. The highest BCUT2D eigenvalue weighted by Crippen LogP contribution is 2.92. The molecule has 0 N–H and O–H groups in total. The first-order valence-corrected chi connectivity index (χ1v) is 11.7. The van der Waals surface area contributed by atoms with Gasteiger partial charge in [-0.05, 0) is 77.2 Å². The number of alkyl halides is 3. The monoisotopic (exact) mass is 544 g/mol. The van der Waals surface area contributed by atoms with E-state index in [1.54, 1.807) is 0 Å². The Hall–Kier alpha value is 0.520. The molecule has 0 heterocycles. The molecule has 0 saturated heterocycles. The quantitative estimate of drug-likeness (QED) is 0.330. The summed E-state index contributed by atoms with van der Waals surface area (Å²) in [7, 11) is 0. The molecule has 0 aromatic rings. The van der Waals surface area contributed by atoms with E-state index in [2.05, 4.69) is 93.3 Å². The molecule has 3 aliphatic rings. The molecule has 0 spiro atoms. The Labute approximate surface area is 189 Å². The molecular formula is C22H30Br2ClF3. The fourth-order valence-corrected chi connectivity index (χ4v) is 7.92. The Morgan fingerprint density at radius 1 is 0.893 bits per heavy atom. The molecule has 0 bridgehead atoms. The minimum Gasteiger partial charge on any atom is -0.165 e. The number of hydrogen-bond acceptors (Lipinski definition) is 0. The predicted molar refractivity (Wildman–Crippen MR) is 117 cm³/mol. The van der Waals surface area contributed by atoms with E-state index in [-0.39, 0.29) is 38.9 Å². The molecule has 3 rings (SSSR count). The molecule has 3 aliphatic carbocycles. The van der Waals surface area contributed by atoms with E-state index in [1.165, 1.54) is 6.08 Å². The Kier molecular flexibility index (Phi) is 5.02. The average molecular weight is 547 g/mol. The summed E-state index contributed by atoms with van der Waals surface area (Å²) in [4.78, 5) is 0. The largest absolute Gasteiger partial charge is 0.426 e. The number of rotatable bonds is 4. The molecule has 3 saturated carbocycles. The zero-order chi connectivity index (χ0) is 21.9. The van der Waals surface area contributed by atoms with Gasteiger partial charge in [-0.1, -0.05) is 79.1 Å². The van der Waals surface area contributed by atoms with Crippen LogP contribution in [0.3, 0.4) is 0 Å². The van der Waals surface area contributed by atoms with E-state index in [9.17, 15) is 13.2 Å². The Bertz CT molecular complexity index is 742. The highest BCUT2D eigenvalue weighted by atomic mass is 79.9. The first-order valence-electron chi connectivity index (χ1n) is 9.77. The predicted octanol–water partition coefficient (Wildman–Crippen LogP) is 8.90. The van der Waals surface area contributed by atoms with Gasteiger partial charge in [0.25, 0.3) is 0 Å². The summed E-state index contributed by atoms with van der Waals surface area (Å²) in [5.74, 6) is 0.809. The van der Waals surface area contributed by atoms with Gasteiger partial charge in [-0.25, -0.2) is 0 Å². The molecule has 0 aromatic carbocycles. The maximum atomic E-state index is 13.0. The fraction of sp³-hybridized carbons (Fsp3) is 0.818. The Morgan fingerprint density at radius 2 is 1.36 bits per heavy atom. The second-order valence-corrected chi connectivity index (χ2v) is 14.5. The van der Waals surface area contributed by atoms with Gasteiger partial charge in [0.05, 0.1) is 3.39 Å². The molecule has 4 unspecified atom stereocenters. The Balaban J connectivity index is 2.02. The van der Waals surface area contributed by atoms with E-state index in [0.717, 1.165) is 3.39 Å². The van der Waals surface area contributed by atoms with Gasteiger partial charge in [-0.3, -0.25) is 0 Å². The second-order valence-electron chi connectivity index (χ2n) is 11.3. The third kappa shape index (κ3) is 2.87. The lowest BCUT2D eigenvalue weighted by molar-refractivity contribution is -0.0848. The third-order valence-electron chi connectivity index (χ3n) is 9.12. The van der Waals surface area contributed by atoms with Crippen molar-refractivity contribution in [2.24, 2.45) is 50.7 Å². The Morgan fingerprint density at radius 3 is 1.71 bits per heavy atom. The van der Waals surface area contributed by atoms with Crippen molar-refractivity contribution in [3.05, 3.63) is 20.6 Å². The first kappa shape index (κ1) is 23.2. The standard InChI is InChI=1S/C22H30Br2ClF3/c1-17(2)11(9-12(25)22(26,27)28)14(17)15-18(3,4)21(15,10-13(23)24)16-19(5,6)20(16,7)8/h9-11,14-16H,1-8H3. The van der Waals surface area contributed by atoms with Crippen molar-refractivity contribution >= 4 is 43.5 Å². The van der Waals surface area contributed by atoms with Gasteiger partial charge in [-0.15, -0.1) is 0 Å². The molecule has 0 amide bonds. The lowest BCUT2D eigenvalue weighted by Gasteiger charge is -2.20. The van der Waals surface area contributed by atoms with Crippen LogP contribution in [0.1, 0.15) is 55.4 Å². The van der Waals surface area contributed by atoms with Crippen molar-refractivity contribution in [1.29, 1.82) is 0 Å². The lowest BCUT2D eigenvalue weighted by atomic mass is 9.84. The SMILES string of the molecule is CC1(C)C(C=C(Cl)C(F)(F)F)C1C1C(C)(C)C1(C=C(Br)Br)C1C(C)(C)C1(C)C. The van der Waals surface area contributed by atoms with Crippen molar-refractivity contribution in [1.82, 2.24) is 0 Å². The van der Waals surface area contributed by atoms with E-state index >= 15 is 0 Å². The number of hydrogen-bond donors (Lipinski definition) is 0. The summed E-state index contributed by atoms with van der Waals surface area (Å²) in [6, 6.07) is 0. The van der Waals surface area contributed by atoms with Gasteiger partial charge in [0.2, 0.25) is 0 Å². The minimum absolute atomic E-state index is 0.00469. The van der Waals surface area contributed by atoms with E-state index in [4.69, 9.17) is 11.6 Å². The minimum atomic E-state index is -4.47. The zero-order valence-corrected chi connectivity index (χ0v) is 21.7. The summed E-state index contributed by atoms with van der Waals surface area (Å²) in [5, 5.41) is -0.985. The lowest BCUT2D eigenvalue weighted by Crippen LogP contribution is -2.15. The van der Waals surface area contributed by atoms with Crippen molar-refractivity contribution in [3.8, 4) is 0 Å². The van der Waals surface area contributed by atoms with Gasteiger partial charge in [0, 0.05) is 5.41 Å². The van der Waals surface area contributed by atoms with Crippen LogP contribution < -0.4 is 0 Å². The molecular weight excluding hydrogens is 516 g/mol. The molecule has 3 fully saturated rings. The van der Waals surface area contributed by atoms with Crippen LogP contribution in [0.25, 0.3) is 0 Å². The van der Waals surface area contributed by atoms with Crippen LogP contribution in [0.5, 0.6) is 0 Å². The van der Waals surface area contributed by atoms with Crippen LogP contribution in [-0.2, 0) is 0 Å². The summed E-state index contributed by atoms with van der Waals surface area (Å²) in [6.07, 6.45) is -0.916. The van der Waals surface area contributed by atoms with Crippen LogP contribution in [0.15, 0.2) is 20.6 Å². The summed E-state index contributed by atoms with van der Waals surface area (Å²) in [6.45, 7) is 18.0. The molecule has 4 atom stereocenters. The van der Waals surface area contributed by atoms with Crippen LogP contribution >= 0.6 is 43.5 Å². The van der Waals surface area contributed by atoms with Gasteiger partial charge in [0.1, 0.15) is 5.03 Å². The summed E-state index contributed by atoms with van der Waals surface area (Å²) < 4.78 is 40.0. The van der Waals surface area contributed by atoms with Crippen molar-refractivity contribution in [3.63, 3.8) is 0 Å². The maximum Gasteiger partial charge on any atom is 0.426 e. The van der Waals surface area contributed by atoms with E-state index in [0.29, 0.717) is 11.8 Å². The van der Waals surface area contributed by atoms with Gasteiger partial charge in [-0.2, -0.15) is 13.2 Å². The van der Waals surface area contributed by atoms with E-state index in [1.807, 2.05) is 0 Å². The van der Waals surface area contributed by atoms with E-state index < -0.39 is 11.2 Å². The number of allylic oxidation sites excluding steroid dienone is 3. The molecule has 0 aliphatic heterocycles. The molecule has 28 heavy (non-hydrogen) atoms. The molecule has 0 nitrogen and oxygen atoms in total. The summed E-state index contributed by atoms with van der Waals surface area (Å²) >= 11 is 12.8. The smallest absolute Gasteiger partial charge is 0.165 e. The molecule has 0 aromatic heterocycles. The van der Waals surface area contributed by atoms with Gasteiger partial charge >= 0.3 is 6.18 Å². The first-order chi connectivity index (χ1) is 12.3. The highest BCUT2D eigenvalue weighted by molar-refractivity contribution is 9.28. The van der Waals surface area contributed by atoms with Crippen LogP contribution in [-0.4, -0.2) is 6.18 Å². The van der Waals surface area contributed by atoms with Crippen molar-refractivity contribution in [2.75, 3.05) is 0 Å². The van der Waals surface area contributed by atoms with Crippen LogP contribution in [0, 0.1) is 50.7 Å². The fourth-order valence-electron chi connectivity index (χ4n) is 7.03. The molecule has 160 valence electrons. The number of halogens is 6. The normalized spacial score (nSPS) is 40.1. The van der Waals surface area contributed by atoms with Gasteiger partial charge < -0.3 is 0 Å². The topological polar surface area (TPSA) is 0 Å². The maximum absolute atomic E-state index is 13.0. The third-order valence-corrected chi connectivity index (χ3v) is 9.92. The highest BCUT2D eigenvalue weighted by Gasteiger charge is 2.88. The van der Waals surface area contributed by atoms with Gasteiger partial charge in [0.15, 0.2) is 0 Å². The second kappa shape index (κ2) is 6.06. The average Bonchev–Trinajstić information content (AvgIpc) is 3.24. The molecule has 6 heteroatoms. The van der Waals surface area contributed by atoms with Crippen molar-refractivity contribution < 1.29 is 13.2 Å². The van der Waals surface area contributed by atoms with Crippen molar-refractivity contribution in [2.45, 2.75) is 61.6 Å². The van der Waals surface area contributed by atoms with Crippen LogP contribution in [0.4, 0.5) is 13.2 Å². The zero-order valence-electron chi connectivity index (χ0n) is 17.7. The summed E-state index contributed by atoms with van der Waals surface area (Å²) in [5.41, 5.74) is 0.116. The van der Waals surface area contributed by atoms with Crippen LogP contribution in [0.2, 0.25) is 0 Å².